The number of ether oxygens (including phenoxy) is 1. The maximum Gasteiger partial charge on any atom is 0.321 e. The Morgan fingerprint density at radius 3 is 2.34 bits per heavy atom. The van der Waals surface area contributed by atoms with Gasteiger partial charge in [0.05, 0.1) is 12.8 Å². The summed E-state index contributed by atoms with van der Waals surface area (Å²) in [6, 6.07) is 16.0. The first kappa shape index (κ1) is 23.1. The molecule has 0 aliphatic carbocycles. The van der Waals surface area contributed by atoms with Crippen LogP contribution in [0.25, 0.3) is 0 Å². The first-order valence-electron chi connectivity index (χ1n) is 10.8. The standard InChI is InChI=1S/C24H30N4O4/c1-17(29)25-21(16-18-8-4-3-5-9-18)23(30)26-19-12-14-28(15-13-19)24(31)27-20-10-6-7-11-22(20)32-2/h3-11,19,21H,12-16H2,1-2H3,(H,25,29)(H,26,30)(H,27,31)/t21-/m1/s1. The molecule has 3 rings (SSSR count). The summed E-state index contributed by atoms with van der Waals surface area (Å²) in [5.74, 6) is 0.148. The van der Waals surface area contributed by atoms with Crippen LogP contribution >= 0.6 is 0 Å². The number of nitrogens with one attached hydrogen (secondary N) is 3. The van der Waals surface area contributed by atoms with Gasteiger partial charge in [-0.1, -0.05) is 42.5 Å². The van der Waals surface area contributed by atoms with E-state index in [-0.39, 0.29) is 23.9 Å². The van der Waals surface area contributed by atoms with Crippen LogP contribution in [0.3, 0.4) is 0 Å². The minimum atomic E-state index is -0.637. The van der Waals surface area contributed by atoms with Gasteiger partial charge in [0.2, 0.25) is 11.8 Å². The Morgan fingerprint density at radius 2 is 1.69 bits per heavy atom. The molecule has 8 heteroatoms. The second-order valence-electron chi connectivity index (χ2n) is 7.84. The highest BCUT2D eigenvalue weighted by atomic mass is 16.5. The van der Waals surface area contributed by atoms with Crippen LogP contribution in [0.1, 0.15) is 25.3 Å². The molecule has 3 N–H and O–H groups in total. The molecule has 2 aromatic carbocycles. The number of amides is 4. The Bertz CT molecular complexity index is 927. The van der Waals surface area contributed by atoms with Crippen molar-refractivity contribution in [1.82, 2.24) is 15.5 Å². The van der Waals surface area contributed by atoms with Crippen molar-refractivity contribution in [3.8, 4) is 5.75 Å². The lowest BCUT2D eigenvalue weighted by Gasteiger charge is -2.33. The van der Waals surface area contributed by atoms with E-state index in [1.54, 1.807) is 24.1 Å². The van der Waals surface area contributed by atoms with Gasteiger partial charge in [-0.2, -0.15) is 0 Å². The molecule has 1 heterocycles. The van der Waals surface area contributed by atoms with E-state index in [0.29, 0.717) is 43.8 Å². The highest BCUT2D eigenvalue weighted by molar-refractivity contribution is 5.91. The van der Waals surface area contributed by atoms with Gasteiger partial charge in [0.1, 0.15) is 11.8 Å². The predicted octanol–water partition coefficient (Wildman–Crippen LogP) is 2.56. The van der Waals surface area contributed by atoms with E-state index >= 15 is 0 Å². The SMILES string of the molecule is COc1ccccc1NC(=O)N1CCC(NC(=O)[C@@H](Cc2ccccc2)NC(C)=O)CC1. The van der Waals surface area contributed by atoms with Gasteiger partial charge in [0, 0.05) is 32.5 Å². The molecule has 0 unspecified atom stereocenters. The molecule has 4 amide bonds. The van der Waals surface area contributed by atoms with Crippen molar-refractivity contribution in [2.75, 3.05) is 25.5 Å². The molecule has 32 heavy (non-hydrogen) atoms. The van der Waals surface area contributed by atoms with Crippen molar-refractivity contribution in [3.05, 3.63) is 60.2 Å². The molecule has 1 saturated heterocycles. The van der Waals surface area contributed by atoms with E-state index < -0.39 is 6.04 Å². The van der Waals surface area contributed by atoms with E-state index in [2.05, 4.69) is 16.0 Å². The molecule has 2 aromatic rings. The third-order valence-corrected chi connectivity index (χ3v) is 5.45. The molecular weight excluding hydrogens is 408 g/mol. The molecule has 1 aliphatic heterocycles. The largest absolute Gasteiger partial charge is 0.495 e. The maximum absolute atomic E-state index is 12.8. The lowest BCUT2D eigenvalue weighted by molar-refractivity contribution is -0.128. The van der Waals surface area contributed by atoms with Crippen LogP contribution in [-0.2, 0) is 16.0 Å². The molecule has 0 radical (unpaired) electrons. The van der Waals surface area contributed by atoms with E-state index in [4.69, 9.17) is 4.74 Å². The lowest BCUT2D eigenvalue weighted by atomic mass is 10.0. The molecule has 0 bridgehead atoms. The predicted molar refractivity (Wildman–Crippen MR) is 123 cm³/mol. The number of benzene rings is 2. The van der Waals surface area contributed by atoms with Crippen LogP contribution < -0.4 is 20.7 Å². The van der Waals surface area contributed by atoms with E-state index in [9.17, 15) is 14.4 Å². The van der Waals surface area contributed by atoms with Crippen molar-refractivity contribution in [1.29, 1.82) is 0 Å². The monoisotopic (exact) mass is 438 g/mol. The van der Waals surface area contributed by atoms with Gasteiger partial charge >= 0.3 is 6.03 Å². The number of nitrogens with zero attached hydrogens (tertiary/aromatic N) is 1. The van der Waals surface area contributed by atoms with Crippen molar-refractivity contribution < 1.29 is 19.1 Å². The zero-order valence-electron chi connectivity index (χ0n) is 18.5. The number of piperidine rings is 1. The first-order valence-corrected chi connectivity index (χ1v) is 10.8. The second kappa shape index (κ2) is 11.2. The number of anilines is 1. The number of methoxy groups -OCH3 is 1. The second-order valence-corrected chi connectivity index (χ2v) is 7.84. The molecule has 0 spiro atoms. The fourth-order valence-corrected chi connectivity index (χ4v) is 3.78. The Kier molecular flexibility index (Phi) is 8.08. The van der Waals surface area contributed by atoms with Crippen LogP contribution in [-0.4, -0.2) is 55.0 Å². The Labute approximate surface area is 188 Å². The van der Waals surface area contributed by atoms with Crippen molar-refractivity contribution in [2.24, 2.45) is 0 Å². The smallest absolute Gasteiger partial charge is 0.321 e. The number of rotatable bonds is 7. The van der Waals surface area contributed by atoms with Crippen LogP contribution in [0, 0.1) is 0 Å². The summed E-state index contributed by atoms with van der Waals surface area (Å²) >= 11 is 0. The zero-order chi connectivity index (χ0) is 22.9. The lowest BCUT2D eigenvalue weighted by Crippen LogP contribution is -2.53. The molecular formula is C24H30N4O4. The van der Waals surface area contributed by atoms with Crippen LogP contribution in [0.5, 0.6) is 5.75 Å². The molecule has 0 saturated carbocycles. The summed E-state index contributed by atoms with van der Waals surface area (Å²) < 4.78 is 5.28. The van der Waals surface area contributed by atoms with Gasteiger partial charge in [-0.3, -0.25) is 9.59 Å². The molecule has 8 nitrogen and oxygen atoms in total. The minimum Gasteiger partial charge on any atom is -0.495 e. The summed E-state index contributed by atoms with van der Waals surface area (Å²) in [5.41, 5.74) is 1.60. The zero-order valence-corrected chi connectivity index (χ0v) is 18.5. The Morgan fingerprint density at radius 1 is 1.03 bits per heavy atom. The normalized spacial score (nSPS) is 14.9. The van der Waals surface area contributed by atoms with Gasteiger partial charge in [0.15, 0.2) is 0 Å². The average Bonchev–Trinajstić information content (AvgIpc) is 2.80. The number of carbonyl (C=O) groups is 3. The van der Waals surface area contributed by atoms with Gasteiger partial charge in [-0.25, -0.2) is 4.79 Å². The molecule has 1 atom stereocenters. The van der Waals surface area contributed by atoms with Crippen molar-refractivity contribution >= 4 is 23.5 Å². The molecule has 0 aromatic heterocycles. The highest BCUT2D eigenvalue weighted by Gasteiger charge is 2.27. The Balaban J connectivity index is 1.52. The summed E-state index contributed by atoms with van der Waals surface area (Å²) in [6.45, 7) is 2.45. The van der Waals surface area contributed by atoms with Gasteiger partial charge in [-0.15, -0.1) is 0 Å². The van der Waals surface area contributed by atoms with Crippen molar-refractivity contribution in [2.45, 2.75) is 38.3 Å². The van der Waals surface area contributed by atoms with Gasteiger partial charge in [0.25, 0.3) is 0 Å². The van der Waals surface area contributed by atoms with Gasteiger partial charge < -0.3 is 25.6 Å². The third-order valence-electron chi connectivity index (χ3n) is 5.45. The van der Waals surface area contributed by atoms with E-state index in [1.165, 1.54) is 6.92 Å². The quantitative estimate of drug-likeness (QED) is 0.619. The summed E-state index contributed by atoms with van der Waals surface area (Å²) in [5, 5.41) is 8.67. The topological polar surface area (TPSA) is 99.8 Å². The average molecular weight is 439 g/mol. The third kappa shape index (κ3) is 6.47. The number of likely N-dealkylation sites (tertiary alicyclic amines) is 1. The van der Waals surface area contributed by atoms with E-state index in [1.807, 2.05) is 42.5 Å². The maximum atomic E-state index is 12.8. The summed E-state index contributed by atoms with van der Waals surface area (Å²) in [6.07, 6.45) is 1.71. The minimum absolute atomic E-state index is 0.0511. The number of hydrogen-bond acceptors (Lipinski definition) is 4. The van der Waals surface area contributed by atoms with Crippen LogP contribution in [0.2, 0.25) is 0 Å². The van der Waals surface area contributed by atoms with E-state index in [0.717, 1.165) is 5.56 Å². The summed E-state index contributed by atoms with van der Waals surface area (Å²) in [7, 11) is 1.56. The van der Waals surface area contributed by atoms with Gasteiger partial charge in [-0.05, 0) is 30.5 Å². The number of urea groups is 1. The first-order chi connectivity index (χ1) is 15.5. The highest BCUT2D eigenvalue weighted by Crippen LogP contribution is 2.24. The number of para-hydroxylation sites is 2. The van der Waals surface area contributed by atoms with Crippen LogP contribution in [0.15, 0.2) is 54.6 Å². The molecule has 1 aliphatic rings. The fraction of sp³-hybridized carbons (Fsp3) is 0.375. The molecule has 1 fully saturated rings. The molecule has 170 valence electrons. The Hall–Kier alpha value is -3.55. The van der Waals surface area contributed by atoms with Crippen LogP contribution in [0.4, 0.5) is 10.5 Å². The fourth-order valence-electron chi connectivity index (χ4n) is 3.78. The number of hydrogen-bond donors (Lipinski definition) is 3. The van der Waals surface area contributed by atoms with Crippen molar-refractivity contribution in [3.63, 3.8) is 0 Å². The summed E-state index contributed by atoms with van der Waals surface area (Å²) in [4.78, 5) is 38.8. The number of carbonyl (C=O) groups excluding carboxylic acids is 3.